The number of halogens is 1. The van der Waals surface area contributed by atoms with E-state index in [0.717, 1.165) is 30.8 Å². The Morgan fingerprint density at radius 2 is 1.90 bits per heavy atom. The van der Waals surface area contributed by atoms with E-state index in [4.69, 9.17) is 21.1 Å². The number of sulfonamides is 1. The highest BCUT2D eigenvalue weighted by Gasteiger charge is 2.29. The first-order valence-electron chi connectivity index (χ1n) is 10.1. The standard InChI is InChI=1S/C19H23ClN4O5S2/c20-18-16(21-22-30-18)13-29-19(25)15-12-14(31(26,27)24-6-2-1-3-7-24)4-5-17(15)23-8-10-28-11-9-23/h4-5,12H,1-3,6-11,13H2. The zero-order valence-electron chi connectivity index (χ0n) is 16.8. The molecule has 2 saturated heterocycles. The normalized spacial score (nSPS) is 18.2. The molecule has 0 radical (unpaired) electrons. The van der Waals surface area contributed by atoms with Crippen LogP contribution in [0.3, 0.4) is 0 Å². The summed E-state index contributed by atoms with van der Waals surface area (Å²) in [6, 6.07) is 4.65. The average Bonchev–Trinajstić information content (AvgIpc) is 3.23. The van der Waals surface area contributed by atoms with Crippen molar-refractivity contribution in [1.29, 1.82) is 0 Å². The topological polar surface area (TPSA) is 102 Å². The minimum atomic E-state index is -3.69. The molecule has 2 aromatic rings. The number of carbonyl (C=O) groups excluding carboxylic acids is 1. The Hall–Kier alpha value is -1.79. The minimum absolute atomic E-state index is 0.0896. The van der Waals surface area contributed by atoms with Gasteiger partial charge in [-0.15, -0.1) is 5.10 Å². The highest BCUT2D eigenvalue weighted by Crippen LogP contribution is 2.29. The third kappa shape index (κ3) is 5.01. The fourth-order valence-corrected chi connectivity index (χ4v) is 5.81. The van der Waals surface area contributed by atoms with Crippen LogP contribution >= 0.6 is 23.1 Å². The lowest BCUT2D eigenvalue weighted by Gasteiger charge is -2.31. The number of piperidine rings is 1. The summed E-state index contributed by atoms with van der Waals surface area (Å²) < 4.78 is 42.7. The first kappa shape index (κ1) is 22.4. The molecule has 0 aliphatic carbocycles. The molecule has 0 N–H and O–H groups in total. The van der Waals surface area contributed by atoms with Gasteiger partial charge >= 0.3 is 5.97 Å². The van der Waals surface area contributed by atoms with Crippen molar-refractivity contribution >= 4 is 44.8 Å². The van der Waals surface area contributed by atoms with Crippen molar-refractivity contribution < 1.29 is 22.7 Å². The maximum Gasteiger partial charge on any atom is 0.340 e. The Labute approximate surface area is 190 Å². The number of rotatable bonds is 6. The van der Waals surface area contributed by atoms with Crippen molar-refractivity contribution in [2.75, 3.05) is 44.3 Å². The molecular formula is C19H23ClN4O5S2. The van der Waals surface area contributed by atoms with Gasteiger partial charge in [0.05, 0.1) is 29.4 Å². The second-order valence-electron chi connectivity index (χ2n) is 7.31. The van der Waals surface area contributed by atoms with E-state index in [1.165, 1.54) is 10.4 Å². The number of esters is 1. The van der Waals surface area contributed by atoms with E-state index in [9.17, 15) is 13.2 Å². The Kier molecular flexibility index (Phi) is 7.07. The molecule has 0 amide bonds. The van der Waals surface area contributed by atoms with Gasteiger partial charge in [-0.3, -0.25) is 0 Å². The maximum atomic E-state index is 13.1. The van der Waals surface area contributed by atoms with Crippen molar-refractivity contribution in [2.24, 2.45) is 0 Å². The Morgan fingerprint density at radius 3 is 2.58 bits per heavy atom. The molecule has 12 heteroatoms. The molecule has 2 aliphatic heterocycles. The van der Waals surface area contributed by atoms with Gasteiger partial charge in [-0.2, -0.15) is 4.31 Å². The number of hydrogen-bond donors (Lipinski definition) is 0. The van der Waals surface area contributed by atoms with Crippen LogP contribution in [0, 0.1) is 0 Å². The molecule has 0 bridgehead atoms. The van der Waals surface area contributed by atoms with Gasteiger partial charge in [0.25, 0.3) is 0 Å². The molecule has 2 aliphatic rings. The highest BCUT2D eigenvalue weighted by molar-refractivity contribution is 7.89. The van der Waals surface area contributed by atoms with Crippen LogP contribution in [0.25, 0.3) is 0 Å². The van der Waals surface area contributed by atoms with Crippen LogP contribution in [-0.2, 0) is 26.1 Å². The van der Waals surface area contributed by atoms with Crippen LogP contribution in [0.2, 0.25) is 4.34 Å². The lowest BCUT2D eigenvalue weighted by atomic mass is 10.1. The molecule has 9 nitrogen and oxygen atoms in total. The summed E-state index contributed by atoms with van der Waals surface area (Å²) in [4.78, 5) is 15.1. The summed E-state index contributed by atoms with van der Waals surface area (Å²) in [6.45, 7) is 3.09. The molecule has 0 atom stereocenters. The van der Waals surface area contributed by atoms with E-state index in [-0.39, 0.29) is 17.1 Å². The molecule has 0 spiro atoms. The molecule has 3 heterocycles. The third-order valence-corrected chi connectivity index (χ3v) is 8.22. The number of morpholine rings is 1. The summed E-state index contributed by atoms with van der Waals surface area (Å²) >= 11 is 6.99. The number of benzene rings is 1. The molecule has 168 valence electrons. The SMILES string of the molecule is O=C(OCc1nnsc1Cl)c1cc(S(=O)(=O)N2CCCCC2)ccc1N1CCOCC1. The lowest BCUT2D eigenvalue weighted by Crippen LogP contribution is -2.38. The van der Waals surface area contributed by atoms with Gasteiger partial charge in [0.2, 0.25) is 10.0 Å². The largest absolute Gasteiger partial charge is 0.455 e. The van der Waals surface area contributed by atoms with Crippen LogP contribution in [-0.4, -0.2) is 67.7 Å². The van der Waals surface area contributed by atoms with E-state index in [2.05, 4.69) is 9.59 Å². The van der Waals surface area contributed by atoms with E-state index in [0.29, 0.717) is 55.1 Å². The van der Waals surface area contributed by atoms with Crippen LogP contribution in [0.15, 0.2) is 23.1 Å². The molecule has 1 aromatic carbocycles. The first-order valence-corrected chi connectivity index (χ1v) is 12.7. The quantitative estimate of drug-likeness (QED) is 0.574. The van der Waals surface area contributed by atoms with Gasteiger partial charge in [-0.1, -0.05) is 22.5 Å². The zero-order chi connectivity index (χ0) is 21.8. The highest BCUT2D eigenvalue weighted by atomic mass is 35.5. The van der Waals surface area contributed by atoms with Crippen molar-refractivity contribution in [1.82, 2.24) is 13.9 Å². The summed E-state index contributed by atoms with van der Waals surface area (Å²) in [5, 5.41) is 3.84. The fraction of sp³-hybridized carbons (Fsp3) is 0.526. The Balaban J connectivity index is 1.64. The summed E-state index contributed by atoms with van der Waals surface area (Å²) in [6.07, 6.45) is 2.69. The van der Waals surface area contributed by atoms with Crippen LogP contribution in [0.4, 0.5) is 5.69 Å². The molecule has 0 saturated carbocycles. The van der Waals surface area contributed by atoms with Crippen molar-refractivity contribution in [3.05, 3.63) is 33.8 Å². The number of nitrogens with zero attached hydrogens (tertiary/aromatic N) is 4. The zero-order valence-corrected chi connectivity index (χ0v) is 19.2. The van der Waals surface area contributed by atoms with Crippen LogP contribution in [0.1, 0.15) is 35.3 Å². The van der Waals surface area contributed by atoms with E-state index < -0.39 is 16.0 Å². The van der Waals surface area contributed by atoms with Gasteiger partial charge in [0.15, 0.2) is 0 Å². The van der Waals surface area contributed by atoms with E-state index in [1.807, 2.05) is 4.90 Å². The van der Waals surface area contributed by atoms with E-state index >= 15 is 0 Å². The number of hydrogen-bond acceptors (Lipinski definition) is 9. The second kappa shape index (κ2) is 9.78. The Bertz CT molecular complexity index is 1030. The van der Waals surface area contributed by atoms with Gasteiger partial charge in [0, 0.05) is 37.7 Å². The molecule has 31 heavy (non-hydrogen) atoms. The molecular weight excluding hydrogens is 464 g/mol. The smallest absolute Gasteiger partial charge is 0.340 e. The molecule has 1 aromatic heterocycles. The van der Waals surface area contributed by atoms with E-state index in [1.54, 1.807) is 12.1 Å². The van der Waals surface area contributed by atoms with Crippen LogP contribution < -0.4 is 4.90 Å². The van der Waals surface area contributed by atoms with Crippen molar-refractivity contribution in [2.45, 2.75) is 30.8 Å². The van der Waals surface area contributed by atoms with Crippen LogP contribution in [0.5, 0.6) is 0 Å². The van der Waals surface area contributed by atoms with Gasteiger partial charge in [-0.25, -0.2) is 13.2 Å². The maximum absolute atomic E-state index is 13.1. The molecule has 2 fully saturated rings. The summed E-state index contributed by atoms with van der Waals surface area (Å²) in [7, 11) is -3.69. The number of carbonyl (C=O) groups is 1. The van der Waals surface area contributed by atoms with Gasteiger partial charge in [0.1, 0.15) is 16.6 Å². The summed E-state index contributed by atoms with van der Waals surface area (Å²) in [5.41, 5.74) is 1.18. The first-order chi connectivity index (χ1) is 15.0. The minimum Gasteiger partial charge on any atom is -0.455 e. The van der Waals surface area contributed by atoms with Crippen molar-refractivity contribution in [3.8, 4) is 0 Å². The van der Waals surface area contributed by atoms with Crippen molar-refractivity contribution in [3.63, 3.8) is 0 Å². The molecule has 4 rings (SSSR count). The number of anilines is 1. The second-order valence-corrected chi connectivity index (χ2v) is 10.6. The number of ether oxygens (including phenoxy) is 2. The van der Waals surface area contributed by atoms with Gasteiger partial charge in [-0.05, 0) is 31.0 Å². The fourth-order valence-electron chi connectivity index (χ4n) is 3.67. The average molecular weight is 487 g/mol. The monoisotopic (exact) mass is 486 g/mol. The predicted molar refractivity (Wildman–Crippen MR) is 116 cm³/mol. The summed E-state index contributed by atoms with van der Waals surface area (Å²) in [5.74, 6) is -0.638. The predicted octanol–water partition coefficient (Wildman–Crippen LogP) is 2.56. The number of aromatic nitrogens is 2. The Morgan fingerprint density at radius 1 is 1.16 bits per heavy atom. The van der Waals surface area contributed by atoms with Gasteiger partial charge < -0.3 is 14.4 Å². The lowest BCUT2D eigenvalue weighted by molar-refractivity contribution is 0.0467. The molecule has 0 unspecified atom stereocenters. The third-order valence-electron chi connectivity index (χ3n) is 5.34.